The van der Waals surface area contributed by atoms with Crippen LogP contribution in [0.25, 0.3) is 0 Å². The molecule has 0 aliphatic rings. The van der Waals surface area contributed by atoms with E-state index in [0.29, 0.717) is 0 Å². The van der Waals surface area contributed by atoms with E-state index < -0.39 is 40.8 Å². The molecule has 2 N–H and O–H groups in total. The lowest BCUT2D eigenvalue weighted by Crippen LogP contribution is -2.20. The number of alkyl halides is 3. The number of hydrogen-bond donors (Lipinski definition) is 2. The van der Waals surface area contributed by atoms with Crippen molar-refractivity contribution in [3.05, 3.63) is 23.9 Å². The molecule has 0 atom stereocenters. The van der Waals surface area contributed by atoms with Crippen LogP contribution >= 0.6 is 0 Å². The molecule has 10 heteroatoms. The van der Waals surface area contributed by atoms with Gasteiger partial charge in [0.15, 0.2) is 5.69 Å². The zero-order chi connectivity index (χ0) is 15.4. The zero-order valence-electron chi connectivity index (χ0n) is 10.0. The van der Waals surface area contributed by atoms with Gasteiger partial charge in [-0.05, 0) is 18.6 Å². The van der Waals surface area contributed by atoms with Gasteiger partial charge in [0.05, 0.1) is 5.75 Å². The summed E-state index contributed by atoms with van der Waals surface area (Å²) in [6.45, 7) is 0. The largest absolute Gasteiger partial charge is 0.477 e. The molecule has 1 rings (SSSR count). The number of sulfonamides is 1. The number of aromatic nitrogens is 1. The summed E-state index contributed by atoms with van der Waals surface area (Å²) in [5.41, 5.74) is -0.375. The minimum atomic E-state index is -4.42. The maximum atomic E-state index is 11.9. The van der Waals surface area contributed by atoms with Crippen LogP contribution < -0.4 is 4.72 Å². The van der Waals surface area contributed by atoms with Gasteiger partial charge in [-0.2, -0.15) is 13.2 Å². The Labute approximate surface area is 112 Å². The van der Waals surface area contributed by atoms with Gasteiger partial charge in [0.2, 0.25) is 10.0 Å². The van der Waals surface area contributed by atoms with Crippen molar-refractivity contribution in [2.75, 3.05) is 10.5 Å². The lowest BCUT2D eigenvalue weighted by Gasteiger charge is -2.09. The van der Waals surface area contributed by atoms with Crippen LogP contribution in [0, 0.1) is 0 Å². The van der Waals surface area contributed by atoms with Crippen LogP contribution in [-0.4, -0.2) is 36.4 Å². The fraction of sp³-hybridized carbons (Fsp3) is 0.400. The maximum Gasteiger partial charge on any atom is 0.389 e. The summed E-state index contributed by atoms with van der Waals surface area (Å²) < 4.78 is 60.7. The Morgan fingerprint density at radius 3 is 2.55 bits per heavy atom. The molecule has 0 radical (unpaired) electrons. The molecule has 0 aliphatic heterocycles. The Bertz CT molecular complexity index is 586. The van der Waals surface area contributed by atoms with Crippen molar-refractivity contribution in [2.45, 2.75) is 19.0 Å². The van der Waals surface area contributed by atoms with E-state index in [1.54, 1.807) is 0 Å². The molecule has 6 nitrogen and oxygen atoms in total. The van der Waals surface area contributed by atoms with Crippen molar-refractivity contribution in [1.82, 2.24) is 4.98 Å². The van der Waals surface area contributed by atoms with Crippen LogP contribution in [0.5, 0.6) is 0 Å². The van der Waals surface area contributed by atoms with E-state index in [2.05, 4.69) is 4.98 Å². The fourth-order valence-corrected chi connectivity index (χ4v) is 2.34. The Kier molecular flexibility index (Phi) is 4.93. The first-order chi connectivity index (χ1) is 9.09. The van der Waals surface area contributed by atoms with Gasteiger partial charge in [-0.3, -0.25) is 4.72 Å². The summed E-state index contributed by atoms with van der Waals surface area (Å²) in [6, 6.07) is 3.63. The standard InChI is InChI=1S/C10H11F3N2O4S/c11-10(12,13)5-2-6-20(18,19)15-8-4-1-3-7(14-8)9(16)17/h1,3-4H,2,5-6H2,(H,14,15)(H,16,17). The number of aromatic carboxylic acids is 1. The van der Waals surface area contributed by atoms with E-state index in [1.807, 2.05) is 4.72 Å². The molecule has 0 spiro atoms. The predicted molar refractivity (Wildman–Crippen MR) is 63.9 cm³/mol. The smallest absolute Gasteiger partial charge is 0.389 e. The van der Waals surface area contributed by atoms with Crippen LogP contribution in [-0.2, 0) is 10.0 Å². The van der Waals surface area contributed by atoms with Gasteiger partial charge in [-0.25, -0.2) is 18.2 Å². The van der Waals surface area contributed by atoms with Crippen LogP contribution in [0.3, 0.4) is 0 Å². The van der Waals surface area contributed by atoms with E-state index in [1.165, 1.54) is 12.1 Å². The molecule has 1 aromatic heterocycles. The maximum absolute atomic E-state index is 11.9. The Morgan fingerprint density at radius 2 is 2.00 bits per heavy atom. The van der Waals surface area contributed by atoms with Crippen molar-refractivity contribution in [2.24, 2.45) is 0 Å². The Morgan fingerprint density at radius 1 is 1.35 bits per heavy atom. The number of pyridine rings is 1. The van der Waals surface area contributed by atoms with E-state index in [9.17, 15) is 26.4 Å². The molecular formula is C10H11F3N2O4S. The highest BCUT2D eigenvalue weighted by Crippen LogP contribution is 2.21. The molecule has 0 unspecified atom stereocenters. The van der Waals surface area contributed by atoms with Crippen LogP contribution in [0.15, 0.2) is 18.2 Å². The molecular weight excluding hydrogens is 301 g/mol. The third-order valence-corrected chi connectivity index (χ3v) is 3.45. The van der Waals surface area contributed by atoms with Gasteiger partial charge in [-0.15, -0.1) is 0 Å². The molecule has 0 bridgehead atoms. The van der Waals surface area contributed by atoms with Crippen LogP contribution in [0.2, 0.25) is 0 Å². The summed E-state index contributed by atoms with van der Waals surface area (Å²) in [5.74, 6) is -2.33. The van der Waals surface area contributed by atoms with Gasteiger partial charge in [0, 0.05) is 6.42 Å². The number of rotatable bonds is 6. The average molecular weight is 312 g/mol. The fourth-order valence-electron chi connectivity index (χ4n) is 1.28. The molecule has 112 valence electrons. The highest BCUT2D eigenvalue weighted by molar-refractivity contribution is 7.92. The van der Waals surface area contributed by atoms with E-state index in [0.717, 1.165) is 6.07 Å². The first kappa shape index (κ1) is 16.2. The van der Waals surface area contributed by atoms with Crippen molar-refractivity contribution in [3.8, 4) is 0 Å². The number of carboxylic acid groups (broad SMARTS) is 1. The van der Waals surface area contributed by atoms with Crippen LogP contribution in [0.1, 0.15) is 23.3 Å². The summed E-state index contributed by atoms with van der Waals surface area (Å²) in [7, 11) is -4.00. The molecule has 1 heterocycles. The van der Waals surface area contributed by atoms with Crippen molar-refractivity contribution in [1.29, 1.82) is 0 Å². The highest BCUT2D eigenvalue weighted by atomic mass is 32.2. The first-order valence-corrected chi connectivity index (χ1v) is 7.02. The number of carboxylic acids is 1. The molecule has 1 aromatic rings. The monoisotopic (exact) mass is 312 g/mol. The second kappa shape index (κ2) is 6.07. The minimum absolute atomic E-state index is 0.253. The molecule has 0 saturated carbocycles. The van der Waals surface area contributed by atoms with Gasteiger partial charge in [-0.1, -0.05) is 6.07 Å². The number of carbonyl (C=O) groups is 1. The van der Waals surface area contributed by atoms with Gasteiger partial charge in [0.25, 0.3) is 0 Å². The zero-order valence-corrected chi connectivity index (χ0v) is 10.8. The molecule has 0 aromatic carbocycles. The molecule has 0 saturated heterocycles. The SMILES string of the molecule is O=C(O)c1cccc(NS(=O)(=O)CCCC(F)(F)F)n1. The number of halogens is 3. The topological polar surface area (TPSA) is 96.4 Å². The van der Waals surface area contributed by atoms with E-state index in [-0.39, 0.29) is 11.5 Å². The lowest BCUT2D eigenvalue weighted by atomic mass is 10.3. The quantitative estimate of drug-likeness (QED) is 0.836. The van der Waals surface area contributed by atoms with Crippen LogP contribution in [0.4, 0.5) is 19.0 Å². The molecule has 0 aliphatic carbocycles. The Hall–Kier alpha value is -1.84. The summed E-state index contributed by atoms with van der Waals surface area (Å²) in [6.07, 6.45) is -6.22. The minimum Gasteiger partial charge on any atom is -0.477 e. The van der Waals surface area contributed by atoms with Crippen molar-refractivity contribution in [3.63, 3.8) is 0 Å². The second-order valence-electron chi connectivity index (χ2n) is 3.85. The molecule has 0 fully saturated rings. The molecule has 20 heavy (non-hydrogen) atoms. The van der Waals surface area contributed by atoms with E-state index in [4.69, 9.17) is 5.11 Å². The predicted octanol–water partition coefficient (Wildman–Crippen LogP) is 1.86. The third-order valence-electron chi connectivity index (χ3n) is 2.10. The number of nitrogens with one attached hydrogen (secondary N) is 1. The number of anilines is 1. The number of hydrogen-bond acceptors (Lipinski definition) is 4. The normalized spacial score (nSPS) is 12.2. The van der Waals surface area contributed by atoms with Crippen molar-refractivity contribution >= 4 is 21.8 Å². The van der Waals surface area contributed by atoms with E-state index >= 15 is 0 Å². The summed E-state index contributed by atoms with van der Waals surface area (Å²) >= 11 is 0. The van der Waals surface area contributed by atoms with Gasteiger partial charge in [0.1, 0.15) is 5.82 Å². The Balaban J connectivity index is 2.67. The molecule has 0 amide bonds. The van der Waals surface area contributed by atoms with Gasteiger partial charge < -0.3 is 5.11 Å². The van der Waals surface area contributed by atoms with Crippen molar-refractivity contribution < 1.29 is 31.5 Å². The van der Waals surface area contributed by atoms with Gasteiger partial charge >= 0.3 is 12.1 Å². The second-order valence-corrected chi connectivity index (χ2v) is 5.69. The lowest BCUT2D eigenvalue weighted by molar-refractivity contribution is -0.134. The highest BCUT2D eigenvalue weighted by Gasteiger charge is 2.27. The number of nitrogens with zero attached hydrogens (tertiary/aromatic N) is 1. The average Bonchev–Trinajstić information content (AvgIpc) is 2.26. The first-order valence-electron chi connectivity index (χ1n) is 5.37. The summed E-state index contributed by atoms with van der Waals surface area (Å²) in [5, 5.41) is 8.67. The summed E-state index contributed by atoms with van der Waals surface area (Å²) in [4.78, 5) is 14.1. The third kappa shape index (κ3) is 5.87.